The average Bonchev–Trinajstić information content (AvgIpc) is 3.21. The molecular formula is C22H21N5O3. The van der Waals surface area contributed by atoms with Gasteiger partial charge in [-0.25, -0.2) is 4.68 Å². The lowest BCUT2D eigenvalue weighted by atomic mass is 9.96. The molecule has 2 atom stereocenters. The molecule has 0 saturated carbocycles. The molecule has 1 aliphatic heterocycles. The van der Waals surface area contributed by atoms with E-state index in [2.05, 4.69) is 16.1 Å². The summed E-state index contributed by atoms with van der Waals surface area (Å²) in [7, 11) is 0. The molecule has 2 aromatic heterocycles. The Balaban J connectivity index is 1.95. The number of hydrogen-bond acceptors (Lipinski definition) is 5. The van der Waals surface area contributed by atoms with Gasteiger partial charge < -0.3 is 10.0 Å². The van der Waals surface area contributed by atoms with Crippen LogP contribution in [0.3, 0.4) is 0 Å². The predicted octanol–water partition coefficient (Wildman–Crippen LogP) is 1.82. The van der Waals surface area contributed by atoms with Crippen LogP contribution in [0.1, 0.15) is 47.7 Å². The minimum Gasteiger partial charge on any atom is -0.502 e. The van der Waals surface area contributed by atoms with Gasteiger partial charge in [0, 0.05) is 18.8 Å². The number of rotatable bonds is 4. The van der Waals surface area contributed by atoms with E-state index in [1.807, 2.05) is 44.2 Å². The number of fused-ring (bicyclic) bond motifs is 1. The molecule has 152 valence electrons. The zero-order valence-corrected chi connectivity index (χ0v) is 16.6. The molecule has 0 aliphatic carbocycles. The molecule has 0 spiro atoms. The maximum absolute atomic E-state index is 13.0. The van der Waals surface area contributed by atoms with Gasteiger partial charge >= 0.3 is 0 Å². The van der Waals surface area contributed by atoms with Gasteiger partial charge in [0.25, 0.3) is 5.91 Å². The Morgan fingerprint density at radius 2 is 1.93 bits per heavy atom. The van der Waals surface area contributed by atoms with Crippen LogP contribution in [-0.2, 0) is 0 Å². The summed E-state index contributed by atoms with van der Waals surface area (Å²) >= 11 is 0. The van der Waals surface area contributed by atoms with E-state index >= 15 is 0 Å². The summed E-state index contributed by atoms with van der Waals surface area (Å²) in [5, 5.41) is 19.1. The van der Waals surface area contributed by atoms with Gasteiger partial charge in [0.05, 0.1) is 12.2 Å². The lowest BCUT2D eigenvalue weighted by Crippen LogP contribution is -2.50. The maximum Gasteiger partial charge on any atom is 0.276 e. The van der Waals surface area contributed by atoms with Gasteiger partial charge in [-0.2, -0.15) is 10.2 Å². The van der Waals surface area contributed by atoms with Crippen molar-refractivity contribution in [2.75, 3.05) is 6.54 Å². The molecule has 30 heavy (non-hydrogen) atoms. The van der Waals surface area contributed by atoms with E-state index in [1.54, 1.807) is 21.8 Å². The number of benzene rings is 1. The molecular weight excluding hydrogens is 382 g/mol. The highest BCUT2D eigenvalue weighted by Crippen LogP contribution is 2.36. The highest BCUT2D eigenvalue weighted by Gasteiger charge is 2.40. The summed E-state index contributed by atoms with van der Waals surface area (Å²) in [6.07, 6.45) is 8.32. The average molecular weight is 403 g/mol. The molecule has 0 fully saturated rings. The highest BCUT2D eigenvalue weighted by molar-refractivity contribution is 5.95. The third-order valence-corrected chi connectivity index (χ3v) is 5.32. The Hall–Kier alpha value is -3.86. The fraction of sp³-hybridized carbons (Fsp3) is 0.273. The Kier molecular flexibility index (Phi) is 4.88. The first kappa shape index (κ1) is 19.5. The molecule has 4 rings (SSSR count). The minimum absolute atomic E-state index is 0.113. The monoisotopic (exact) mass is 403 g/mol. The van der Waals surface area contributed by atoms with Crippen LogP contribution in [0.25, 0.3) is 0 Å². The lowest BCUT2D eigenvalue weighted by molar-refractivity contribution is 0.0547. The van der Waals surface area contributed by atoms with Gasteiger partial charge in [-0.15, -0.1) is 6.42 Å². The van der Waals surface area contributed by atoms with E-state index < -0.39 is 23.1 Å². The molecule has 1 N–H and O–H groups in total. The van der Waals surface area contributed by atoms with E-state index in [0.717, 1.165) is 11.8 Å². The fourth-order valence-electron chi connectivity index (χ4n) is 3.86. The van der Waals surface area contributed by atoms with Crippen LogP contribution in [-0.4, -0.2) is 48.1 Å². The summed E-state index contributed by atoms with van der Waals surface area (Å²) < 4.78 is 3.18. The Morgan fingerprint density at radius 3 is 2.57 bits per heavy atom. The van der Waals surface area contributed by atoms with Gasteiger partial charge in [-0.3, -0.25) is 14.3 Å². The standard InChI is InChI=1S/C22H21N5O3/c1-4-16-10-11-26(24-16)19(15-8-6-5-7-9-15)17-13-25(14(2)3)22(30)20-21(29)18(28)12-23-27(17)20/h1,5-12,14,17,19,29H,13H2,2-3H3/t17-,19+/m1/s1. The number of nitrogens with zero attached hydrogens (tertiary/aromatic N) is 5. The summed E-state index contributed by atoms with van der Waals surface area (Å²) in [4.78, 5) is 26.7. The Morgan fingerprint density at radius 1 is 1.20 bits per heavy atom. The number of carbonyl (C=O) groups is 1. The summed E-state index contributed by atoms with van der Waals surface area (Å²) in [5.41, 5.74) is 0.610. The zero-order valence-electron chi connectivity index (χ0n) is 16.6. The molecule has 8 heteroatoms. The van der Waals surface area contributed by atoms with Gasteiger partial charge in [-0.05, 0) is 31.4 Å². The van der Waals surface area contributed by atoms with Gasteiger partial charge in [-0.1, -0.05) is 30.3 Å². The van der Waals surface area contributed by atoms with Crippen molar-refractivity contribution in [1.82, 2.24) is 24.5 Å². The van der Waals surface area contributed by atoms with E-state index in [4.69, 9.17) is 6.42 Å². The quantitative estimate of drug-likeness (QED) is 0.671. The number of hydrogen-bond donors (Lipinski definition) is 1. The van der Waals surface area contributed by atoms with Gasteiger partial charge in [0.1, 0.15) is 11.7 Å². The van der Waals surface area contributed by atoms with Crippen LogP contribution in [0, 0.1) is 12.3 Å². The first-order valence-corrected chi connectivity index (χ1v) is 9.60. The van der Waals surface area contributed by atoms with Crippen LogP contribution in [0.5, 0.6) is 5.75 Å². The molecule has 0 unspecified atom stereocenters. The van der Waals surface area contributed by atoms with Crippen LogP contribution < -0.4 is 5.43 Å². The van der Waals surface area contributed by atoms with Crippen molar-refractivity contribution in [3.63, 3.8) is 0 Å². The normalized spacial score (nSPS) is 16.9. The molecule has 1 aromatic carbocycles. The van der Waals surface area contributed by atoms with Crippen LogP contribution in [0.15, 0.2) is 53.6 Å². The van der Waals surface area contributed by atoms with Crippen molar-refractivity contribution in [3.8, 4) is 18.1 Å². The lowest BCUT2D eigenvalue weighted by Gasteiger charge is -2.40. The minimum atomic E-state index is -0.691. The topological polar surface area (TPSA) is 93.3 Å². The third-order valence-electron chi connectivity index (χ3n) is 5.32. The molecule has 0 radical (unpaired) electrons. The van der Waals surface area contributed by atoms with Crippen molar-refractivity contribution in [3.05, 3.63) is 76.0 Å². The summed E-state index contributed by atoms with van der Waals surface area (Å²) in [6.45, 7) is 4.10. The second kappa shape index (κ2) is 7.52. The largest absolute Gasteiger partial charge is 0.502 e. The molecule has 0 bridgehead atoms. The first-order chi connectivity index (χ1) is 14.4. The van der Waals surface area contributed by atoms with Gasteiger partial charge in [0.2, 0.25) is 5.43 Å². The van der Waals surface area contributed by atoms with Crippen molar-refractivity contribution in [2.24, 2.45) is 0 Å². The maximum atomic E-state index is 13.0. The van der Waals surface area contributed by atoms with Gasteiger partial charge in [0.15, 0.2) is 11.4 Å². The SMILES string of the molecule is C#Cc1ccn([C@@H](c2ccccc2)[C@H]2CN(C(C)C)C(=O)c3c(O)c(=O)cnn32)n1. The van der Waals surface area contributed by atoms with Crippen LogP contribution in [0.4, 0.5) is 0 Å². The van der Waals surface area contributed by atoms with Crippen molar-refractivity contribution < 1.29 is 9.90 Å². The Labute approximate surface area is 173 Å². The zero-order chi connectivity index (χ0) is 21.4. The van der Waals surface area contributed by atoms with Crippen molar-refractivity contribution in [1.29, 1.82) is 0 Å². The van der Waals surface area contributed by atoms with E-state index in [0.29, 0.717) is 12.2 Å². The molecule has 0 saturated heterocycles. The van der Waals surface area contributed by atoms with E-state index in [-0.39, 0.29) is 17.8 Å². The summed E-state index contributed by atoms with van der Waals surface area (Å²) in [5.74, 6) is 1.50. The smallest absolute Gasteiger partial charge is 0.276 e. The third kappa shape index (κ3) is 3.14. The van der Waals surface area contributed by atoms with E-state index in [9.17, 15) is 14.7 Å². The molecule has 8 nitrogen and oxygen atoms in total. The highest BCUT2D eigenvalue weighted by atomic mass is 16.3. The molecule has 1 amide bonds. The fourth-order valence-corrected chi connectivity index (χ4v) is 3.86. The second-order valence-corrected chi connectivity index (χ2v) is 7.45. The van der Waals surface area contributed by atoms with Crippen molar-refractivity contribution in [2.45, 2.75) is 32.0 Å². The molecule has 3 heterocycles. The number of terminal acetylenes is 1. The van der Waals surface area contributed by atoms with E-state index in [1.165, 1.54) is 4.68 Å². The predicted molar refractivity (Wildman–Crippen MR) is 110 cm³/mol. The number of aromatic hydroxyl groups is 1. The van der Waals surface area contributed by atoms with Crippen LogP contribution in [0.2, 0.25) is 0 Å². The summed E-state index contributed by atoms with van der Waals surface area (Å²) in [6, 6.07) is 10.4. The number of aromatic nitrogens is 4. The molecule has 3 aromatic rings. The molecule has 1 aliphatic rings. The number of carbonyl (C=O) groups excluding carboxylic acids is 1. The van der Waals surface area contributed by atoms with Crippen molar-refractivity contribution >= 4 is 5.91 Å². The number of amides is 1. The first-order valence-electron chi connectivity index (χ1n) is 9.60. The Bertz CT molecular complexity index is 1190. The van der Waals surface area contributed by atoms with Crippen LogP contribution >= 0.6 is 0 Å². The second-order valence-electron chi connectivity index (χ2n) is 7.45.